The number of halogens is 2. The SMILES string of the molecule is C=CCN(c1ccc(Cl)cc1C)S(=O)(=O)c1ccc(F)cc1. The Balaban J connectivity index is 2.55. The summed E-state index contributed by atoms with van der Waals surface area (Å²) in [4.78, 5) is 0.0186. The first-order valence-electron chi connectivity index (χ1n) is 6.51. The Kier molecular flexibility index (Phi) is 4.88. The molecule has 0 atom stereocenters. The number of rotatable bonds is 5. The van der Waals surface area contributed by atoms with Crippen LogP contribution < -0.4 is 4.31 Å². The summed E-state index contributed by atoms with van der Waals surface area (Å²) in [5.74, 6) is -0.489. The first-order chi connectivity index (χ1) is 10.4. The highest BCUT2D eigenvalue weighted by atomic mass is 35.5. The Hall–Kier alpha value is -1.85. The molecule has 0 aliphatic heterocycles. The van der Waals surface area contributed by atoms with Crippen molar-refractivity contribution in [3.8, 4) is 0 Å². The minimum Gasteiger partial charge on any atom is -0.262 e. The van der Waals surface area contributed by atoms with E-state index in [1.54, 1.807) is 25.1 Å². The van der Waals surface area contributed by atoms with Gasteiger partial charge in [0.2, 0.25) is 0 Å². The molecule has 0 bridgehead atoms. The van der Waals surface area contributed by atoms with Gasteiger partial charge in [-0.25, -0.2) is 12.8 Å². The molecule has 22 heavy (non-hydrogen) atoms. The van der Waals surface area contributed by atoms with E-state index in [0.717, 1.165) is 17.7 Å². The molecule has 0 aliphatic carbocycles. The summed E-state index contributed by atoms with van der Waals surface area (Å²) < 4.78 is 39.8. The summed E-state index contributed by atoms with van der Waals surface area (Å²) in [6.45, 7) is 5.48. The minimum absolute atomic E-state index is 0.0186. The molecule has 3 nitrogen and oxygen atoms in total. The summed E-state index contributed by atoms with van der Waals surface area (Å²) in [6, 6.07) is 9.68. The van der Waals surface area contributed by atoms with Crippen molar-refractivity contribution in [1.29, 1.82) is 0 Å². The molecule has 0 N–H and O–H groups in total. The molecule has 0 fully saturated rings. The standard InChI is InChI=1S/C16H15ClFNO2S/c1-3-10-19(16-9-4-13(17)11-12(16)2)22(20,21)15-7-5-14(18)6-8-15/h3-9,11H,1,10H2,2H3. The lowest BCUT2D eigenvalue weighted by Crippen LogP contribution is -2.31. The molecule has 6 heteroatoms. The Bertz CT molecular complexity index is 788. The van der Waals surface area contributed by atoms with Crippen molar-refractivity contribution in [2.45, 2.75) is 11.8 Å². The molecule has 0 saturated heterocycles. The van der Waals surface area contributed by atoms with E-state index in [0.29, 0.717) is 10.7 Å². The molecular weight excluding hydrogens is 325 g/mol. The Morgan fingerprint density at radius 1 is 1.23 bits per heavy atom. The molecule has 0 aliphatic rings. The largest absolute Gasteiger partial charge is 0.264 e. The topological polar surface area (TPSA) is 37.4 Å². The molecule has 2 aromatic carbocycles. The van der Waals surface area contributed by atoms with Gasteiger partial charge >= 0.3 is 0 Å². The summed E-state index contributed by atoms with van der Waals surface area (Å²) in [6.07, 6.45) is 1.50. The smallest absolute Gasteiger partial charge is 0.262 e. The van der Waals surface area contributed by atoms with Gasteiger partial charge in [0.1, 0.15) is 5.82 Å². The van der Waals surface area contributed by atoms with E-state index >= 15 is 0 Å². The van der Waals surface area contributed by atoms with E-state index < -0.39 is 15.8 Å². The highest BCUT2D eigenvalue weighted by molar-refractivity contribution is 7.92. The normalized spacial score (nSPS) is 11.2. The van der Waals surface area contributed by atoms with Crippen LogP contribution in [0.1, 0.15) is 5.56 Å². The zero-order chi connectivity index (χ0) is 16.3. The average Bonchev–Trinajstić information content (AvgIpc) is 2.46. The van der Waals surface area contributed by atoms with Gasteiger partial charge < -0.3 is 0 Å². The summed E-state index contributed by atoms with van der Waals surface area (Å²) in [5.41, 5.74) is 1.23. The maximum absolute atomic E-state index is 13.0. The molecule has 0 unspecified atom stereocenters. The number of benzene rings is 2. The zero-order valence-electron chi connectivity index (χ0n) is 12.0. The maximum atomic E-state index is 13.0. The van der Waals surface area contributed by atoms with E-state index in [2.05, 4.69) is 6.58 Å². The molecular formula is C16H15ClFNO2S. The third kappa shape index (κ3) is 3.31. The van der Waals surface area contributed by atoms with Gasteiger partial charge in [-0.3, -0.25) is 4.31 Å². The van der Waals surface area contributed by atoms with Gasteiger partial charge in [-0.15, -0.1) is 6.58 Å². The molecule has 0 spiro atoms. The van der Waals surface area contributed by atoms with Crippen LogP contribution in [0, 0.1) is 12.7 Å². The average molecular weight is 340 g/mol. The molecule has 0 aromatic heterocycles. The van der Waals surface area contributed by atoms with Gasteiger partial charge in [0.05, 0.1) is 17.1 Å². The Labute approximate surface area is 134 Å². The lowest BCUT2D eigenvalue weighted by molar-refractivity contribution is 0.591. The van der Waals surface area contributed by atoms with Crippen molar-refractivity contribution in [2.75, 3.05) is 10.8 Å². The fraction of sp³-hybridized carbons (Fsp3) is 0.125. The van der Waals surface area contributed by atoms with Gasteiger partial charge in [-0.05, 0) is 55.0 Å². The molecule has 2 rings (SSSR count). The van der Waals surface area contributed by atoms with E-state index in [4.69, 9.17) is 11.6 Å². The lowest BCUT2D eigenvalue weighted by atomic mass is 10.2. The van der Waals surface area contributed by atoms with Crippen LogP contribution in [0.3, 0.4) is 0 Å². The molecule has 116 valence electrons. The van der Waals surface area contributed by atoms with Crippen LogP contribution >= 0.6 is 11.6 Å². The predicted octanol–water partition coefficient (Wildman–Crippen LogP) is 4.17. The molecule has 0 radical (unpaired) electrons. The van der Waals surface area contributed by atoms with Crippen molar-refractivity contribution < 1.29 is 12.8 Å². The summed E-state index contributed by atoms with van der Waals surface area (Å²) in [5, 5.41) is 0.527. The van der Waals surface area contributed by atoms with Crippen LogP contribution in [0.5, 0.6) is 0 Å². The molecule has 0 heterocycles. The second kappa shape index (κ2) is 6.50. The third-order valence-corrected chi connectivity index (χ3v) is 5.15. The monoisotopic (exact) mass is 339 g/mol. The number of aryl methyl sites for hydroxylation is 1. The van der Waals surface area contributed by atoms with Crippen molar-refractivity contribution >= 4 is 27.3 Å². The number of anilines is 1. The third-order valence-electron chi connectivity index (χ3n) is 3.12. The van der Waals surface area contributed by atoms with Crippen LogP contribution in [-0.4, -0.2) is 15.0 Å². The van der Waals surface area contributed by atoms with Gasteiger partial charge in [0.15, 0.2) is 0 Å². The quantitative estimate of drug-likeness (QED) is 0.767. The Morgan fingerprint density at radius 2 is 1.86 bits per heavy atom. The number of hydrogen-bond acceptors (Lipinski definition) is 2. The lowest BCUT2D eigenvalue weighted by Gasteiger charge is -2.25. The number of sulfonamides is 1. The predicted molar refractivity (Wildman–Crippen MR) is 87.3 cm³/mol. The first-order valence-corrected chi connectivity index (χ1v) is 8.33. The van der Waals surface area contributed by atoms with Gasteiger partial charge in [0, 0.05) is 5.02 Å². The Morgan fingerprint density at radius 3 is 2.41 bits per heavy atom. The second-order valence-corrected chi connectivity index (χ2v) is 7.01. The van der Waals surface area contributed by atoms with Crippen molar-refractivity contribution in [3.63, 3.8) is 0 Å². The zero-order valence-corrected chi connectivity index (χ0v) is 13.5. The van der Waals surface area contributed by atoms with E-state index in [-0.39, 0.29) is 11.4 Å². The highest BCUT2D eigenvalue weighted by Gasteiger charge is 2.25. The van der Waals surface area contributed by atoms with Crippen molar-refractivity contribution in [1.82, 2.24) is 0 Å². The van der Waals surface area contributed by atoms with Crippen LogP contribution in [0.4, 0.5) is 10.1 Å². The first kappa shape index (κ1) is 16.5. The second-order valence-electron chi connectivity index (χ2n) is 4.71. The van der Waals surface area contributed by atoms with E-state index in [1.165, 1.54) is 22.5 Å². The minimum atomic E-state index is -3.82. The van der Waals surface area contributed by atoms with Crippen molar-refractivity contribution in [2.24, 2.45) is 0 Å². The van der Waals surface area contributed by atoms with Crippen LogP contribution in [0.2, 0.25) is 5.02 Å². The van der Waals surface area contributed by atoms with E-state index in [9.17, 15) is 12.8 Å². The van der Waals surface area contributed by atoms with Crippen molar-refractivity contribution in [3.05, 3.63) is 71.5 Å². The number of hydrogen-bond donors (Lipinski definition) is 0. The van der Waals surface area contributed by atoms with Crippen LogP contribution in [0.15, 0.2) is 60.0 Å². The van der Waals surface area contributed by atoms with Gasteiger partial charge in [-0.2, -0.15) is 0 Å². The molecule has 0 amide bonds. The summed E-state index contributed by atoms with van der Waals surface area (Å²) >= 11 is 5.92. The fourth-order valence-corrected chi connectivity index (χ4v) is 3.80. The van der Waals surface area contributed by atoms with Crippen LogP contribution in [-0.2, 0) is 10.0 Å². The molecule has 2 aromatic rings. The highest BCUT2D eigenvalue weighted by Crippen LogP contribution is 2.28. The van der Waals surface area contributed by atoms with E-state index in [1.807, 2.05) is 0 Å². The van der Waals surface area contributed by atoms with Gasteiger partial charge in [-0.1, -0.05) is 17.7 Å². The van der Waals surface area contributed by atoms with Gasteiger partial charge in [0.25, 0.3) is 10.0 Å². The number of nitrogens with zero attached hydrogens (tertiary/aromatic N) is 1. The molecule has 0 saturated carbocycles. The summed E-state index contributed by atoms with van der Waals surface area (Å²) in [7, 11) is -3.82. The fourth-order valence-electron chi connectivity index (χ4n) is 2.08. The maximum Gasteiger partial charge on any atom is 0.264 e. The van der Waals surface area contributed by atoms with Crippen LogP contribution in [0.25, 0.3) is 0 Å².